The van der Waals surface area contributed by atoms with E-state index in [1.807, 2.05) is 11.8 Å². The summed E-state index contributed by atoms with van der Waals surface area (Å²) in [6, 6.07) is 5.25. The maximum atomic E-state index is 12.7. The van der Waals surface area contributed by atoms with Crippen LogP contribution in [0.3, 0.4) is 0 Å². The van der Waals surface area contributed by atoms with Crippen LogP contribution in [0.4, 0.5) is 18.9 Å². The van der Waals surface area contributed by atoms with Gasteiger partial charge in [0.05, 0.1) is 5.56 Å². The second-order valence-corrected chi connectivity index (χ2v) is 4.52. The Morgan fingerprint density at radius 2 is 2.20 bits per heavy atom. The molecule has 20 heavy (non-hydrogen) atoms. The van der Waals surface area contributed by atoms with Gasteiger partial charge >= 0.3 is 6.18 Å². The normalized spacial score (nSPS) is 18.6. The van der Waals surface area contributed by atoms with Crippen molar-refractivity contribution in [2.24, 2.45) is 10.7 Å². The summed E-state index contributed by atoms with van der Waals surface area (Å²) < 4.78 is 43.2. The van der Waals surface area contributed by atoms with Crippen molar-refractivity contribution in [2.45, 2.75) is 19.1 Å². The van der Waals surface area contributed by atoms with Crippen molar-refractivity contribution in [2.75, 3.05) is 24.6 Å². The zero-order valence-electron chi connectivity index (χ0n) is 11.0. The molecule has 0 aliphatic carbocycles. The molecule has 1 heterocycles. The van der Waals surface area contributed by atoms with Crippen LogP contribution in [0.25, 0.3) is 0 Å². The van der Waals surface area contributed by atoms with E-state index >= 15 is 0 Å². The molecule has 7 heteroatoms. The Morgan fingerprint density at radius 1 is 1.45 bits per heavy atom. The smallest absolute Gasteiger partial charge is 0.416 e. The number of alkyl halides is 3. The molecule has 2 rings (SSSR count). The fraction of sp³-hybridized carbons (Fsp3) is 0.462. The molecule has 0 spiro atoms. The fourth-order valence-electron chi connectivity index (χ4n) is 2.08. The number of anilines is 1. The van der Waals surface area contributed by atoms with Gasteiger partial charge in [-0.25, -0.2) is 4.99 Å². The third kappa shape index (κ3) is 3.34. The van der Waals surface area contributed by atoms with Crippen LogP contribution in [0.1, 0.15) is 12.5 Å². The average Bonchev–Trinajstić information content (AvgIpc) is 2.81. The molecular formula is C13H16F3N3O. The lowest BCUT2D eigenvalue weighted by molar-refractivity contribution is -0.137. The van der Waals surface area contributed by atoms with E-state index < -0.39 is 11.7 Å². The summed E-state index contributed by atoms with van der Waals surface area (Å²) >= 11 is 0. The maximum Gasteiger partial charge on any atom is 0.416 e. The number of hydrogen-bond acceptors (Lipinski definition) is 4. The lowest BCUT2D eigenvalue weighted by Crippen LogP contribution is -2.32. The largest absolute Gasteiger partial charge is 0.463 e. The van der Waals surface area contributed by atoms with Crippen LogP contribution < -0.4 is 10.6 Å². The van der Waals surface area contributed by atoms with Gasteiger partial charge in [-0.15, -0.1) is 0 Å². The molecule has 2 N–H and O–H groups in total. The summed E-state index contributed by atoms with van der Waals surface area (Å²) in [5.74, 6) is 0. The van der Waals surface area contributed by atoms with Crippen molar-refractivity contribution in [3.8, 4) is 0 Å². The molecule has 110 valence electrons. The van der Waals surface area contributed by atoms with Gasteiger partial charge in [-0.1, -0.05) is 6.07 Å². The van der Waals surface area contributed by atoms with Gasteiger partial charge < -0.3 is 15.4 Å². The molecule has 0 bridgehead atoms. The summed E-state index contributed by atoms with van der Waals surface area (Å²) in [4.78, 5) is 5.91. The first-order valence-corrected chi connectivity index (χ1v) is 6.28. The lowest BCUT2D eigenvalue weighted by atomic mass is 10.1. The number of likely N-dealkylation sites (N-methyl/N-ethyl adjacent to an activating group) is 1. The van der Waals surface area contributed by atoms with Gasteiger partial charge in [0.25, 0.3) is 6.02 Å². The number of halogens is 3. The first kappa shape index (κ1) is 14.5. The molecule has 1 aliphatic rings. The van der Waals surface area contributed by atoms with Gasteiger partial charge in [0.15, 0.2) is 0 Å². The number of ether oxygens (including phenoxy) is 1. The topological polar surface area (TPSA) is 50.9 Å². The quantitative estimate of drug-likeness (QED) is 0.924. The highest BCUT2D eigenvalue weighted by Crippen LogP contribution is 2.31. The van der Waals surface area contributed by atoms with Crippen LogP contribution in [0.15, 0.2) is 29.3 Å². The second kappa shape index (κ2) is 5.60. The summed E-state index contributed by atoms with van der Waals surface area (Å²) in [7, 11) is 0. The van der Waals surface area contributed by atoms with Gasteiger partial charge in [0, 0.05) is 18.8 Å². The molecule has 0 fully saturated rings. The number of aliphatic imine (C=N–C) groups is 1. The van der Waals surface area contributed by atoms with Crippen LogP contribution in [0.5, 0.6) is 0 Å². The van der Waals surface area contributed by atoms with Crippen LogP contribution in [-0.2, 0) is 10.9 Å². The van der Waals surface area contributed by atoms with Crippen molar-refractivity contribution in [1.82, 2.24) is 0 Å². The van der Waals surface area contributed by atoms with E-state index in [2.05, 4.69) is 4.99 Å². The molecule has 0 saturated heterocycles. The minimum atomic E-state index is -4.34. The Hall–Kier alpha value is -1.92. The number of hydrogen-bond donors (Lipinski definition) is 1. The van der Waals surface area contributed by atoms with E-state index in [1.165, 1.54) is 6.07 Å². The summed E-state index contributed by atoms with van der Waals surface area (Å²) in [5.41, 5.74) is 5.29. The minimum absolute atomic E-state index is 0.134. The van der Waals surface area contributed by atoms with Crippen LogP contribution in [-0.4, -0.2) is 31.8 Å². The van der Waals surface area contributed by atoms with Gasteiger partial charge in [-0.2, -0.15) is 13.2 Å². The molecular weight excluding hydrogens is 271 g/mol. The molecule has 0 radical (unpaired) electrons. The maximum absolute atomic E-state index is 12.7. The van der Waals surface area contributed by atoms with Gasteiger partial charge in [-0.05, 0) is 25.1 Å². The van der Waals surface area contributed by atoms with E-state index in [9.17, 15) is 13.2 Å². The Kier molecular flexibility index (Phi) is 4.06. The first-order chi connectivity index (χ1) is 9.40. The highest BCUT2D eigenvalue weighted by molar-refractivity contribution is 5.73. The molecule has 1 aromatic carbocycles. The van der Waals surface area contributed by atoms with Crippen molar-refractivity contribution in [3.05, 3.63) is 29.8 Å². The predicted octanol–water partition coefficient (Wildman–Crippen LogP) is 2.25. The van der Waals surface area contributed by atoms with E-state index in [0.717, 1.165) is 12.1 Å². The van der Waals surface area contributed by atoms with E-state index in [1.54, 1.807) is 6.07 Å². The Balaban J connectivity index is 2.15. The lowest BCUT2D eigenvalue weighted by Gasteiger charge is -2.25. The van der Waals surface area contributed by atoms with Gasteiger partial charge in [0.1, 0.15) is 12.6 Å². The Labute approximate surface area is 115 Å². The molecule has 0 amide bonds. The molecule has 0 saturated carbocycles. The molecule has 1 aromatic rings. The monoisotopic (exact) mass is 287 g/mol. The fourth-order valence-corrected chi connectivity index (χ4v) is 2.08. The number of nitrogens with zero attached hydrogens (tertiary/aromatic N) is 2. The Bertz CT molecular complexity index is 502. The average molecular weight is 287 g/mol. The molecule has 1 aliphatic heterocycles. The van der Waals surface area contributed by atoms with Crippen LogP contribution >= 0.6 is 0 Å². The van der Waals surface area contributed by atoms with E-state index in [-0.39, 0.29) is 12.1 Å². The van der Waals surface area contributed by atoms with Crippen molar-refractivity contribution in [3.63, 3.8) is 0 Å². The van der Waals surface area contributed by atoms with Crippen molar-refractivity contribution in [1.29, 1.82) is 0 Å². The molecule has 0 aromatic heterocycles. The van der Waals surface area contributed by atoms with Crippen LogP contribution in [0.2, 0.25) is 0 Å². The van der Waals surface area contributed by atoms with Crippen LogP contribution in [0, 0.1) is 0 Å². The van der Waals surface area contributed by atoms with E-state index in [0.29, 0.717) is 25.4 Å². The predicted molar refractivity (Wildman–Crippen MR) is 70.7 cm³/mol. The molecule has 4 nitrogen and oxygen atoms in total. The zero-order chi connectivity index (χ0) is 14.8. The number of nitrogens with two attached hydrogens (primary N) is 1. The third-order valence-corrected chi connectivity index (χ3v) is 3.08. The van der Waals surface area contributed by atoms with Gasteiger partial charge in [0.2, 0.25) is 0 Å². The van der Waals surface area contributed by atoms with Gasteiger partial charge in [-0.3, -0.25) is 0 Å². The molecule has 1 atom stereocenters. The standard InChI is InChI=1S/C13H16F3N3O/c1-2-19(7-10-8-20-12(17)18-10)11-5-3-4-9(6-11)13(14,15)16/h3-6,10H,2,7-8H2,1H3,(H2,17,18)/t10-/m0/s1. The first-order valence-electron chi connectivity index (χ1n) is 6.28. The molecule has 0 unspecified atom stereocenters. The number of benzene rings is 1. The summed E-state index contributed by atoms with van der Waals surface area (Å²) in [5, 5.41) is 0. The summed E-state index contributed by atoms with van der Waals surface area (Å²) in [6.45, 7) is 3.29. The highest BCUT2D eigenvalue weighted by Gasteiger charge is 2.31. The Morgan fingerprint density at radius 3 is 2.75 bits per heavy atom. The van der Waals surface area contributed by atoms with Crippen molar-refractivity contribution < 1.29 is 17.9 Å². The van der Waals surface area contributed by atoms with Crippen molar-refractivity contribution >= 4 is 11.7 Å². The zero-order valence-corrected chi connectivity index (χ0v) is 11.0. The minimum Gasteiger partial charge on any atom is -0.463 e. The summed E-state index contributed by atoms with van der Waals surface area (Å²) in [6.07, 6.45) is -4.34. The second-order valence-electron chi connectivity index (χ2n) is 4.52. The SMILES string of the molecule is CCN(C[C@H]1COC(N)=N1)c1cccc(C(F)(F)F)c1. The third-order valence-electron chi connectivity index (χ3n) is 3.08. The van der Waals surface area contributed by atoms with E-state index in [4.69, 9.17) is 10.5 Å². The number of amidine groups is 1. The highest BCUT2D eigenvalue weighted by atomic mass is 19.4. The number of rotatable bonds is 4.